The minimum atomic E-state index is -0.219. The highest BCUT2D eigenvalue weighted by Crippen LogP contribution is 2.25. The summed E-state index contributed by atoms with van der Waals surface area (Å²) in [6.07, 6.45) is 25.9. The van der Waals surface area contributed by atoms with Gasteiger partial charge in [-0.25, -0.2) is 0 Å². The highest BCUT2D eigenvalue weighted by Gasteiger charge is 2.39. The Hall–Kier alpha value is -1.12. The lowest BCUT2D eigenvalue weighted by atomic mass is 10.0. The molecule has 1 aliphatic heterocycles. The second-order valence-corrected chi connectivity index (χ2v) is 9.36. The third kappa shape index (κ3) is 11.3. The largest absolute Gasteiger partial charge is 0.279 e. The van der Waals surface area contributed by atoms with Gasteiger partial charge in [0, 0.05) is 12.5 Å². The van der Waals surface area contributed by atoms with E-state index >= 15 is 0 Å². The van der Waals surface area contributed by atoms with Gasteiger partial charge < -0.3 is 0 Å². The monoisotopic (exact) mass is 419 g/mol. The lowest BCUT2D eigenvalue weighted by molar-refractivity contribution is -0.141. The summed E-state index contributed by atoms with van der Waals surface area (Å²) in [5.41, 5.74) is 0. The lowest BCUT2D eigenvalue weighted by Crippen LogP contribution is -2.38. The van der Waals surface area contributed by atoms with Crippen LogP contribution >= 0.6 is 0 Å². The Morgan fingerprint density at radius 1 is 0.800 bits per heavy atom. The molecule has 0 aromatic heterocycles. The Kier molecular flexibility index (Phi) is 15.7. The molecule has 1 rings (SSSR count). The summed E-state index contributed by atoms with van der Waals surface area (Å²) < 4.78 is 0. The molecule has 0 saturated carbocycles. The van der Waals surface area contributed by atoms with E-state index in [0.717, 1.165) is 19.3 Å². The van der Waals surface area contributed by atoms with Gasteiger partial charge in [-0.3, -0.25) is 14.5 Å². The molecular formula is C27H49NO2. The van der Waals surface area contributed by atoms with Crippen molar-refractivity contribution < 1.29 is 9.59 Å². The molecule has 0 aromatic carbocycles. The molecule has 0 radical (unpaired) electrons. The second-order valence-electron chi connectivity index (χ2n) is 9.36. The van der Waals surface area contributed by atoms with Crippen LogP contribution in [0.3, 0.4) is 0 Å². The molecule has 2 amide bonds. The Bertz CT molecular complexity index is 485. The summed E-state index contributed by atoms with van der Waals surface area (Å²) in [6, 6.07) is 0.0479. The molecule has 0 aromatic rings. The molecule has 0 bridgehead atoms. The highest BCUT2D eigenvalue weighted by molar-refractivity contribution is 6.04. The van der Waals surface area contributed by atoms with Gasteiger partial charge in [0.15, 0.2) is 0 Å². The molecule has 1 fully saturated rings. The van der Waals surface area contributed by atoms with E-state index in [9.17, 15) is 9.59 Å². The van der Waals surface area contributed by atoms with Crippen LogP contribution in [0.4, 0.5) is 0 Å². The number of hydrogen-bond donors (Lipinski definition) is 0. The minimum absolute atomic E-state index is 0.0252. The first-order valence-electron chi connectivity index (χ1n) is 13.1. The second kappa shape index (κ2) is 17.5. The molecule has 3 heteroatoms. The molecule has 30 heavy (non-hydrogen) atoms. The third-order valence-corrected chi connectivity index (χ3v) is 6.48. The summed E-state index contributed by atoms with van der Waals surface area (Å²) in [5.74, 6) is -0.164. The predicted octanol–water partition coefficient (Wildman–Crippen LogP) is 7.98. The zero-order chi connectivity index (χ0) is 22.0. The van der Waals surface area contributed by atoms with Crippen LogP contribution in [0.15, 0.2) is 12.2 Å². The van der Waals surface area contributed by atoms with Crippen molar-refractivity contribution in [1.29, 1.82) is 0 Å². The number of amides is 2. The van der Waals surface area contributed by atoms with Crippen LogP contribution in [0.2, 0.25) is 0 Å². The quantitative estimate of drug-likeness (QED) is 0.121. The van der Waals surface area contributed by atoms with Crippen molar-refractivity contribution in [2.45, 2.75) is 142 Å². The van der Waals surface area contributed by atoms with E-state index in [0.29, 0.717) is 6.42 Å². The van der Waals surface area contributed by atoms with Crippen molar-refractivity contribution >= 4 is 11.8 Å². The number of likely N-dealkylation sites (tertiary alicyclic amines) is 1. The molecule has 1 saturated heterocycles. The van der Waals surface area contributed by atoms with E-state index in [1.807, 2.05) is 13.0 Å². The molecule has 0 spiro atoms. The Morgan fingerprint density at radius 3 is 1.87 bits per heavy atom. The van der Waals surface area contributed by atoms with Gasteiger partial charge in [-0.2, -0.15) is 0 Å². The van der Waals surface area contributed by atoms with Gasteiger partial charge in [0.25, 0.3) is 0 Å². The van der Waals surface area contributed by atoms with Crippen molar-refractivity contribution in [1.82, 2.24) is 4.90 Å². The first-order valence-corrected chi connectivity index (χ1v) is 13.1. The van der Waals surface area contributed by atoms with Gasteiger partial charge in [-0.1, -0.05) is 116 Å². The Morgan fingerprint density at radius 2 is 1.30 bits per heavy atom. The van der Waals surface area contributed by atoms with Crippen LogP contribution in [-0.4, -0.2) is 22.8 Å². The maximum absolute atomic E-state index is 12.7. The van der Waals surface area contributed by atoms with Crippen molar-refractivity contribution in [3.8, 4) is 0 Å². The maximum atomic E-state index is 12.7. The molecule has 3 nitrogen and oxygen atoms in total. The molecular weight excluding hydrogens is 370 g/mol. The van der Waals surface area contributed by atoms with E-state index in [1.54, 1.807) is 4.90 Å². The Balaban J connectivity index is 2.18. The lowest BCUT2D eigenvalue weighted by Gasteiger charge is -2.22. The van der Waals surface area contributed by atoms with Crippen LogP contribution in [0.25, 0.3) is 0 Å². The number of imide groups is 1. The molecule has 0 aliphatic carbocycles. The molecule has 2 atom stereocenters. The van der Waals surface area contributed by atoms with E-state index in [-0.39, 0.29) is 23.8 Å². The van der Waals surface area contributed by atoms with Crippen molar-refractivity contribution in [2.75, 3.05) is 0 Å². The van der Waals surface area contributed by atoms with E-state index < -0.39 is 0 Å². The van der Waals surface area contributed by atoms with Crippen LogP contribution in [0.5, 0.6) is 0 Å². The van der Waals surface area contributed by atoms with Crippen molar-refractivity contribution in [3.05, 3.63) is 12.2 Å². The van der Waals surface area contributed by atoms with E-state index in [1.165, 1.54) is 89.9 Å². The average molecular weight is 420 g/mol. The van der Waals surface area contributed by atoms with Gasteiger partial charge in [0.05, 0.1) is 5.92 Å². The Labute approximate surface area is 187 Å². The molecule has 174 valence electrons. The fourth-order valence-electron chi connectivity index (χ4n) is 4.47. The topological polar surface area (TPSA) is 37.4 Å². The highest BCUT2D eigenvalue weighted by atomic mass is 16.2. The average Bonchev–Trinajstić information content (AvgIpc) is 3.01. The first-order chi connectivity index (χ1) is 14.6. The zero-order valence-corrected chi connectivity index (χ0v) is 20.3. The SMILES string of the molecule is CCCCCCCCCCC=CC1CC(=O)N(C(C)CCCCCCCCC)C1=O. The van der Waals surface area contributed by atoms with E-state index in [2.05, 4.69) is 19.9 Å². The van der Waals surface area contributed by atoms with Gasteiger partial charge in [0.2, 0.25) is 11.8 Å². The fourth-order valence-corrected chi connectivity index (χ4v) is 4.47. The summed E-state index contributed by atoms with van der Waals surface area (Å²) in [6.45, 7) is 6.54. The van der Waals surface area contributed by atoms with Gasteiger partial charge in [-0.15, -0.1) is 0 Å². The smallest absolute Gasteiger partial charge is 0.236 e. The van der Waals surface area contributed by atoms with Crippen LogP contribution in [-0.2, 0) is 9.59 Å². The van der Waals surface area contributed by atoms with Crippen LogP contribution in [0, 0.1) is 5.92 Å². The van der Waals surface area contributed by atoms with Gasteiger partial charge >= 0.3 is 0 Å². The molecule has 1 heterocycles. The minimum Gasteiger partial charge on any atom is -0.279 e. The van der Waals surface area contributed by atoms with Crippen molar-refractivity contribution in [2.24, 2.45) is 5.92 Å². The summed E-state index contributed by atoms with van der Waals surface area (Å²) in [5, 5.41) is 0. The summed E-state index contributed by atoms with van der Waals surface area (Å²) in [7, 11) is 0. The predicted molar refractivity (Wildman–Crippen MR) is 128 cm³/mol. The zero-order valence-electron chi connectivity index (χ0n) is 20.3. The number of hydrogen-bond acceptors (Lipinski definition) is 2. The molecule has 0 N–H and O–H groups in total. The molecule has 2 unspecified atom stereocenters. The number of carbonyl (C=O) groups excluding carboxylic acids is 2. The summed E-state index contributed by atoms with van der Waals surface area (Å²) >= 11 is 0. The summed E-state index contributed by atoms with van der Waals surface area (Å²) in [4.78, 5) is 26.7. The standard InChI is InChI=1S/C27H49NO2/c1-4-6-8-10-12-13-14-16-18-20-22-25-23-26(29)28(27(25)30)24(3)21-19-17-15-11-9-7-5-2/h20,22,24-25H,4-19,21,23H2,1-3H3. The third-order valence-electron chi connectivity index (χ3n) is 6.48. The fraction of sp³-hybridized carbons (Fsp3) is 0.852. The van der Waals surface area contributed by atoms with Gasteiger partial charge in [0.1, 0.15) is 0 Å². The van der Waals surface area contributed by atoms with Crippen LogP contribution < -0.4 is 0 Å². The first kappa shape index (κ1) is 26.9. The maximum Gasteiger partial charge on any atom is 0.236 e. The van der Waals surface area contributed by atoms with Crippen LogP contribution in [0.1, 0.15) is 136 Å². The van der Waals surface area contributed by atoms with Crippen molar-refractivity contribution in [3.63, 3.8) is 0 Å². The normalized spacial score (nSPS) is 18.1. The number of allylic oxidation sites excluding steroid dienone is 1. The number of nitrogens with zero attached hydrogens (tertiary/aromatic N) is 1. The van der Waals surface area contributed by atoms with E-state index in [4.69, 9.17) is 0 Å². The van der Waals surface area contributed by atoms with Gasteiger partial charge in [-0.05, 0) is 26.2 Å². The molecule has 1 aliphatic rings. The number of carbonyl (C=O) groups is 2. The number of unbranched alkanes of at least 4 members (excludes halogenated alkanes) is 14. The number of rotatable bonds is 19.